The number of aromatic nitrogens is 1. The zero-order chi connectivity index (χ0) is 14.9. The summed E-state index contributed by atoms with van der Waals surface area (Å²) >= 11 is 0. The molecule has 3 rings (SSSR count). The fourth-order valence-corrected chi connectivity index (χ4v) is 2.51. The summed E-state index contributed by atoms with van der Waals surface area (Å²) in [5.41, 5.74) is 2.38. The second-order valence-corrected chi connectivity index (χ2v) is 6.36. The van der Waals surface area contributed by atoms with Gasteiger partial charge in [-0.05, 0) is 50.6 Å². The van der Waals surface area contributed by atoms with Gasteiger partial charge in [0.25, 0.3) is 0 Å². The molecule has 1 heterocycles. The van der Waals surface area contributed by atoms with Crippen molar-refractivity contribution in [2.45, 2.75) is 32.9 Å². The molecule has 0 spiro atoms. The summed E-state index contributed by atoms with van der Waals surface area (Å²) in [5, 5.41) is 1.22. The van der Waals surface area contributed by atoms with Crippen LogP contribution in [0.3, 0.4) is 0 Å². The zero-order valence-electron chi connectivity index (χ0n) is 12.8. The van der Waals surface area contributed by atoms with Crippen molar-refractivity contribution in [3.8, 4) is 5.75 Å². The summed E-state index contributed by atoms with van der Waals surface area (Å²) in [6.07, 6.45) is 2.14. The Labute approximate surface area is 126 Å². The van der Waals surface area contributed by atoms with Crippen LogP contribution in [-0.2, 0) is 6.54 Å². The number of ether oxygens (including phenoxy) is 1. The van der Waals surface area contributed by atoms with E-state index in [-0.39, 0.29) is 5.60 Å². The second-order valence-electron chi connectivity index (χ2n) is 6.36. The first-order chi connectivity index (χ1) is 10.0. The average molecular weight is 279 g/mol. The molecule has 0 aliphatic heterocycles. The molecule has 0 unspecified atom stereocenters. The molecule has 108 valence electrons. The van der Waals surface area contributed by atoms with Crippen molar-refractivity contribution in [3.05, 3.63) is 66.4 Å². The molecule has 21 heavy (non-hydrogen) atoms. The molecule has 2 nitrogen and oxygen atoms in total. The monoisotopic (exact) mass is 279 g/mol. The molecular weight excluding hydrogens is 258 g/mol. The average Bonchev–Trinajstić information content (AvgIpc) is 2.81. The number of fused-ring (bicyclic) bond motifs is 1. The molecule has 0 saturated heterocycles. The molecule has 0 aliphatic rings. The Morgan fingerprint density at radius 1 is 0.952 bits per heavy atom. The van der Waals surface area contributed by atoms with Gasteiger partial charge in [0, 0.05) is 23.6 Å². The first-order valence-corrected chi connectivity index (χ1v) is 7.33. The lowest BCUT2D eigenvalue weighted by molar-refractivity contribution is 0.131. The third-order valence-electron chi connectivity index (χ3n) is 3.36. The highest BCUT2D eigenvalue weighted by Crippen LogP contribution is 2.25. The summed E-state index contributed by atoms with van der Waals surface area (Å²) in [6, 6.07) is 19.0. The summed E-state index contributed by atoms with van der Waals surface area (Å²) < 4.78 is 8.20. The normalized spacial score (nSPS) is 11.8. The van der Waals surface area contributed by atoms with Crippen molar-refractivity contribution in [1.29, 1.82) is 0 Å². The predicted octanol–water partition coefficient (Wildman–Crippen LogP) is 4.87. The zero-order valence-corrected chi connectivity index (χ0v) is 12.8. The number of nitrogens with zero attached hydrogens (tertiary/aromatic N) is 1. The van der Waals surface area contributed by atoms with Gasteiger partial charge in [-0.2, -0.15) is 0 Å². The van der Waals surface area contributed by atoms with Crippen LogP contribution < -0.4 is 4.74 Å². The van der Waals surface area contributed by atoms with E-state index in [1.54, 1.807) is 0 Å². The van der Waals surface area contributed by atoms with Crippen molar-refractivity contribution in [3.63, 3.8) is 0 Å². The Morgan fingerprint density at radius 3 is 2.43 bits per heavy atom. The Hall–Kier alpha value is -2.22. The second kappa shape index (κ2) is 5.28. The van der Waals surface area contributed by atoms with E-state index in [4.69, 9.17) is 4.74 Å². The van der Waals surface area contributed by atoms with Crippen molar-refractivity contribution in [2.75, 3.05) is 0 Å². The molecule has 0 amide bonds. The Morgan fingerprint density at radius 2 is 1.71 bits per heavy atom. The highest BCUT2D eigenvalue weighted by atomic mass is 16.5. The van der Waals surface area contributed by atoms with Crippen LogP contribution in [0.25, 0.3) is 10.9 Å². The van der Waals surface area contributed by atoms with Gasteiger partial charge < -0.3 is 9.30 Å². The van der Waals surface area contributed by atoms with Crippen LogP contribution in [0.5, 0.6) is 5.75 Å². The van der Waals surface area contributed by atoms with E-state index in [1.807, 2.05) is 6.07 Å². The largest absolute Gasteiger partial charge is 0.488 e. The summed E-state index contributed by atoms with van der Waals surface area (Å²) in [5.74, 6) is 0.924. The Balaban J connectivity index is 1.89. The van der Waals surface area contributed by atoms with Crippen LogP contribution in [0.2, 0.25) is 0 Å². The fraction of sp³-hybridized carbons (Fsp3) is 0.263. The smallest absolute Gasteiger partial charge is 0.120 e. The number of hydrogen-bond donors (Lipinski definition) is 0. The Bertz CT molecular complexity index is 735. The van der Waals surface area contributed by atoms with Crippen LogP contribution in [0.15, 0.2) is 60.8 Å². The lowest BCUT2D eigenvalue weighted by Gasteiger charge is -2.21. The standard InChI is InChI=1S/C19H21NO/c1-19(2,3)21-17-9-10-18-16(13-17)11-12-20(18)14-15-7-5-4-6-8-15/h4-13H,14H2,1-3H3. The van der Waals surface area contributed by atoms with Gasteiger partial charge in [-0.1, -0.05) is 30.3 Å². The van der Waals surface area contributed by atoms with Crippen LogP contribution in [0.4, 0.5) is 0 Å². The molecule has 0 N–H and O–H groups in total. The van der Waals surface area contributed by atoms with Gasteiger partial charge in [0.1, 0.15) is 11.4 Å². The topological polar surface area (TPSA) is 14.2 Å². The maximum Gasteiger partial charge on any atom is 0.120 e. The SMILES string of the molecule is CC(C)(C)Oc1ccc2c(ccn2Cc2ccccc2)c1. The van der Waals surface area contributed by atoms with E-state index >= 15 is 0 Å². The molecular formula is C19H21NO. The number of benzene rings is 2. The van der Waals surface area contributed by atoms with E-state index in [2.05, 4.69) is 80.1 Å². The molecule has 0 atom stereocenters. The van der Waals surface area contributed by atoms with E-state index in [1.165, 1.54) is 16.5 Å². The molecule has 0 fully saturated rings. The highest BCUT2D eigenvalue weighted by molar-refractivity contribution is 5.81. The molecule has 0 saturated carbocycles. The van der Waals surface area contributed by atoms with Crippen molar-refractivity contribution in [1.82, 2.24) is 4.57 Å². The maximum absolute atomic E-state index is 5.93. The van der Waals surface area contributed by atoms with E-state index < -0.39 is 0 Å². The van der Waals surface area contributed by atoms with Crippen LogP contribution in [-0.4, -0.2) is 10.2 Å². The summed E-state index contributed by atoms with van der Waals surface area (Å²) in [6.45, 7) is 7.09. The van der Waals surface area contributed by atoms with Crippen LogP contribution >= 0.6 is 0 Å². The molecule has 0 bridgehead atoms. The van der Waals surface area contributed by atoms with Gasteiger partial charge in [-0.25, -0.2) is 0 Å². The molecule has 2 aromatic carbocycles. The van der Waals surface area contributed by atoms with Gasteiger partial charge in [-0.3, -0.25) is 0 Å². The van der Waals surface area contributed by atoms with Gasteiger partial charge in [-0.15, -0.1) is 0 Å². The number of rotatable bonds is 3. The quantitative estimate of drug-likeness (QED) is 0.667. The van der Waals surface area contributed by atoms with Crippen molar-refractivity contribution >= 4 is 10.9 Å². The third kappa shape index (κ3) is 3.27. The summed E-state index contributed by atoms with van der Waals surface area (Å²) in [4.78, 5) is 0. The molecule has 1 aromatic heterocycles. The summed E-state index contributed by atoms with van der Waals surface area (Å²) in [7, 11) is 0. The lowest BCUT2D eigenvalue weighted by atomic mass is 10.2. The first-order valence-electron chi connectivity index (χ1n) is 7.33. The maximum atomic E-state index is 5.93. The number of hydrogen-bond acceptors (Lipinski definition) is 1. The predicted molar refractivity (Wildman–Crippen MR) is 87.9 cm³/mol. The van der Waals surface area contributed by atoms with E-state index in [9.17, 15) is 0 Å². The molecule has 2 heteroatoms. The third-order valence-corrected chi connectivity index (χ3v) is 3.36. The van der Waals surface area contributed by atoms with E-state index in [0.717, 1.165) is 12.3 Å². The first kappa shape index (κ1) is 13.7. The van der Waals surface area contributed by atoms with Crippen LogP contribution in [0.1, 0.15) is 26.3 Å². The van der Waals surface area contributed by atoms with Crippen molar-refractivity contribution in [2.24, 2.45) is 0 Å². The molecule has 0 radical (unpaired) electrons. The van der Waals surface area contributed by atoms with E-state index in [0.29, 0.717) is 0 Å². The Kier molecular flexibility index (Phi) is 3.46. The molecule has 0 aliphatic carbocycles. The van der Waals surface area contributed by atoms with Gasteiger partial charge in [0.05, 0.1) is 0 Å². The van der Waals surface area contributed by atoms with Gasteiger partial charge in [0.2, 0.25) is 0 Å². The minimum absolute atomic E-state index is 0.166. The molecule has 3 aromatic rings. The minimum Gasteiger partial charge on any atom is -0.488 e. The lowest BCUT2D eigenvalue weighted by Crippen LogP contribution is -2.22. The van der Waals surface area contributed by atoms with Gasteiger partial charge >= 0.3 is 0 Å². The highest BCUT2D eigenvalue weighted by Gasteiger charge is 2.12. The fourth-order valence-electron chi connectivity index (χ4n) is 2.51. The van der Waals surface area contributed by atoms with Gasteiger partial charge in [0.15, 0.2) is 0 Å². The van der Waals surface area contributed by atoms with Crippen LogP contribution in [0, 0.1) is 0 Å². The minimum atomic E-state index is -0.166. The van der Waals surface area contributed by atoms with Crippen molar-refractivity contribution < 1.29 is 4.74 Å².